The van der Waals surface area contributed by atoms with Crippen molar-refractivity contribution in [2.75, 3.05) is 13.1 Å². The van der Waals surface area contributed by atoms with Gasteiger partial charge in [-0.1, -0.05) is 0 Å². The van der Waals surface area contributed by atoms with E-state index in [1.807, 2.05) is 20.8 Å². The zero-order valence-corrected chi connectivity index (χ0v) is 10.8. The molecular weight excluding hydrogens is 204 g/mol. The van der Waals surface area contributed by atoms with Gasteiger partial charge in [0.1, 0.15) is 5.60 Å². The third-order valence-corrected chi connectivity index (χ3v) is 2.84. The van der Waals surface area contributed by atoms with Crippen molar-refractivity contribution in [3.63, 3.8) is 0 Å². The quantitative estimate of drug-likeness (QED) is 0.759. The highest BCUT2D eigenvalue weighted by atomic mass is 16.6. The van der Waals surface area contributed by atoms with Crippen LogP contribution in [0.2, 0.25) is 0 Å². The van der Waals surface area contributed by atoms with Crippen LogP contribution in [0.15, 0.2) is 0 Å². The van der Waals surface area contributed by atoms with Gasteiger partial charge in [-0.05, 0) is 59.5 Å². The number of carbonyl (C=O) groups is 1. The van der Waals surface area contributed by atoms with Gasteiger partial charge in [0.05, 0.1) is 0 Å². The molecule has 1 rings (SSSR count). The second kappa shape index (κ2) is 5.53. The van der Waals surface area contributed by atoms with Crippen LogP contribution in [0.1, 0.15) is 40.5 Å². The van der Waals surface area contributed by atoms with Crippen LogP contribution in [-0.4, -0.2) is 30.8 Å². The number of rotatable bonds is 2. The lowest BCUT2D eigenvalue weighted by Crippen LogP contribution is -2.44. The lowest BCUT2D eigenvalue weighted by Gasteiger charge is -2.29. The molecule has 1 unspecified atom stereocenters. The number of carbonyl (C=O) groups excluding carboxylic acids is 1. The number of hydrogen-bond donors (Lipinski definition) is 2. The summed E-state index contributed by atoms with van der Waals surface area (Å²) in [6.07, 6.45) is 1.94. The fourth-order valence-corrected chi connectivity index (χ4v) is 1.96. The molecule has 0 aromatic carbocycles. The molecule has 16 heavy (non-hydrogen) atoms. The maximum Gasteiger partial charge on any atom is 0.407 e. The summed E-state index contributed by atoms with van der Waals surface area (Å²) >= 11 is 0. The van der Waals surface area contributed by atoms with Crippen molar-refractivity contribution in [2.24, 2.45) is 5.92 Å². The molecule has 2 N–H and O–H groups in total. The Morgan fingerprint density at radius 3 is 2.44 bits per heavy atom. The second-order valence-corrected chi connectivity index (χ2v) is 5.52. The highest BCUT2D eigenvalue weighted by Crippen LogP contribution is 2.16. The Morgan fingerprint density at radius 2 is 1.94 bits per heavy atom. The minimum atomic E-state index is -0.419. The van der Waals surface area contributed by atoms with Crippen molar-refractivity contribution in [3.05, 3.63) is 0 Å². The lowest BCUT2D eigenvalue weighted by molar-refractivity contribution is 0.0486. The molecule has 94 valence electrons. The first-order valence-corrected chi connectivity index (χ1v) is 6.09. The van der Waals surface area contributed by atoms with Crippen molar-refractivity contribution in [1.29, 1.82) is 0 Å². The van der Waals surface area contributed by atoms with Crippen LogP contribution in [0.3, 0.4) is 0 Å². The SMILES string of the molecule is CC(NC(=O)OC(C)(C)C)C1CCNCC1. The summed E-state index contributed by atoms with van der Waals surface area (Å²) in [7, 11) is 0. The van der Waals surface area contributed by atoms with Gasteiger partial charge in [-0.3, -0.25) is 0 Å². The van der Waals surface area contributed by atoms with E-state index in [0.29, 0.717) is 5.92 Å². The van der Waals surface area contributed by atoms with E-state index in [1.54, 1.807) is 0 Å². The molecule has 0 spiro atoms. The molecule has 1 atom stereocenters. The van der Waals surface area contributed by atoms with Crippen LogP contribution in [0, 0.1) is 5.92 Å². The second-order valence-electron chi connectivity index (χ2n) is 5.52. The number of amides is 1. The molecule has 1 aliphatic heterocycles. The van der Waals surface area contributed by atoms with Crippen molar-refractivity contribution >= 4 is 6.09 Å². The molecule has 1 amide bonds. The molecule has 0 aromatic rings. The van der Waals surface area contributed by atoms with Gasteiger partial charge in [0, 0.05) is 6.04 Å². The lowest BCUT2D eigenvalue weighted by atomic mass is 9.91. The zero-order valence-electron chi connectivity index (χ0n) is 10.8. The largest absolute Gasteiger partial charge is 0.444 e. The molecule has 1 saturated heterocycles. The van der Waals surface area contributed by atoms with Crippen LogP contribution in [0.5, 0.6) is 0 Å². The van der Waals surface area contributed by atoms with E-state index >= 15 is 0 Å². The molecular formula is C12H24N2O2. The van der Waals surface area contributed by atoms with E-state index < -0.39 is 5.60 Å². The Kier molecular flexibility index (Phi) is 4.59. The van der Waals surface area contributed by atoms with Gasteiger partial charge in [-0.2, -0.15) is 0 Å². The predicted molar refractivity (Wildman–Crippen MR) is 64.4 cm³/mol. The third kappa shape index (κ3) is 4.84. The van der Waals surface area contributed by atoms with Gasteiger partial charge in [-0.15, -0.1) is 0 Å². The normalized spacial score (nSPS) is 20.2. The number of hydrogen-bond acceptors (Lipinski definition) is 3. The van der Waals surface area contributed by atoms with Crippen LogP contribution < -0.4 is 10.6 Å². The van der Waals surface area contributed by atoms with Gasteiger partial charge in [-0.25, -0.2) is 4.79 Å². The molecule has 0 saturated carbocycles. The summed E-state index contributed by atoms with van der Waals surface area (Å²) in [4.78, 5) is 11.6. The number of alkyl carbamates (subject to hydrolysis) is 1. The summed E-state index contributed by atoms with van der Waals surface area (Å²) in [5, 5.41) is 6.23. The van der Waals surface area contributed by atoms with E-state index in [0.717, 1.165) is 25.9 Å². The number of ether oxygens (including phenoxy) is 1. The van der Waals surface area contributed by atoms with Crippen molar-refractivity contribution in [3.8, 4) is 0 Å². The first-order chi connectivity index (χ1) is 7.38. The Bertz CT molecular complexity index is 230. The molecule has 4 nitrogen and oxygen atoms in total. The topological polar surface area (TPSA) is 50.4 Å². The molecule has 1 fully saturated rings. The fraction of sp³-hybridized carbons (Fsp3) is 0.917. The number of piperidine rings is 1. The van der Waals surface area contributed by atoms with Gasteiger partial charge in [0.2, 0.25) is 0 Å². The van der Waals surface area contributed by atoms with E-state index in [2.05, 4.69) is 17.6 Å². The Morgan fingerprint density at radius 1 is 1.38 bits per heavy atom. The highest BCUT2D eigenvalue weighted by Gasteiger charge is 2.23. The summed E-state index contributed by atoms with van der Waals surface area (Å²) in [5.74, 6) is 0.564. The minimum Gasteiger partial charge on any atom is -0.444 e. The smallest absolute Gasteiger partial charge is 0.407 e. The molecule has 0 bridgehead atoms. The highest BCUT2D eigenvalue weighted by molar-refractivity contribution is 5.68. The summed E-state index contributed by atoms with van der Waals surface area (Å²) in [6, 6.07) is 0.192. The monoisotopic (exact) mass is 228 g/mol. The predicted octanol–water partition coefficient (Wildman–Crippen LogP) is 1.90. The average Bonchev–Trinajstić information content (AvgIpc) is 2.16. The molecule has 0 aliphatic carbocycles. The molecule has 0 aromatic heterocycles. The zero-order chi connectivity index (χ0) is 12.2. The van der Waals surface area contributed by atoms with Crippen molar-refractivity contribution < 1.29 is 9.53 Å². The standard InChI is InChI=1S/C12H24N2O2/c1-9(10-5-7-13-8-6-10)14-11(15)16-12(2,3)4/h9-10,13H,5-8H2,1-4H3,(H,14,15). The van der Waals surface area contributed by atoms with E-state index in [9.17, 15) is 4.79 Å². The Balaban J connectivity index is 2.32. The Labute approximate surface area is 98.1 Å². The maximum atomic E-state index is 11.6. The maximum absolute atomic E-state index is 11.6. The van der Waals surface area contributed by atoms with E-state index in [4.69, 9.17) is 4.74 Å². The summed E-state index contributed by atoms with van der Waals surface area (Å²) in [5.41, 5.74) is -0.419. The van der Waals surface area contributed by atoms with E-state index in [-0.39, 0.29) is 12.1 Å². The van der Waals surface area contributed by atoms with Crippen molar-refractivity contribution in [2.45, 2.75) is 52.2 Å². The third-order valence-electron chi connectivity index (χ3n) is 2.84. The van der Waals surface area contributed by atoms with Crippen molar-refractivity contribution in [1.82, 2.24) is 10.6 Å². The average molecular weight is 228 g/mol. The number of nitrogens with one attached hydrogen (secondary N) is 2. The molecule has 1 aliphatic rings. The first kappa shape index (κ1) is 13.3. The summed E-state index contributed by atoms with van der Waals surface area (Å²) < 4.78 is 5.23. The molecule has 4 heteroatoms. The molecule has 1 heterocycles. The van der Waals surface area contributed by atoms with Crippen LogP contribution in [0.4, 0.5) is 4.79 Å². The minimum absolute atomic E-state index is 0.192. The van der Waals surface area contributed by atoms with Gasteiger partial charge >= 0.3 is 6.09 Å². The first-order valence-electron chi connectivity index (χ1n) is 6.09. The van der Waals surface area contributed by atoms with Crippen LogP contribution in [0.25, 0.3) is 0 Å². The fourth-order valence-electron chi connectivity index (χ4n) is 1.96. The van der Waals surface area contributed by atoms with Crippen LogP contribution in [-0.2, 0) is 4.74 Å². The van der Waals surface area contributed by atoms with Gasteiger partial charge in [0.15, 0.2) is 0 Å². The van der Waals surface area contributed by atoms with Gasteiger partial charge in [0.25, 0.3) is 0 Å². The van der Waals surface area contributed by atoms with Crippen LogP contribution >= 0.6 is 0 Å². The van der Waals surface area contributed by atoms with E-state index in [1.165, 1.54) is 0 Å². The Hall–Kier alpha value is -0.770. The van der Waals surface area contributed by atoms with Gasteiger partial charge < -0.3 is 15.4 Å². The summed E-state index contributed by atoms with van der Waals surface area (Å²) in [6.45, 7) is 9.78. The molecule has 0 radical (unpaired) electrons.